The molecule has 0 radical (unpaired) electrons. The van der Waals surface area contributed by atoms with Gasteiger partial charge in [-0.3, -0.25) is 4.79 Å². The molecule has 1 aromatic heterocycles. The van der Waals surface area contributed by atoms with Crippen LogP contribution in [0.1, 0.15) is 31.2 Å². The molecule has 0 saturated carbocycles. The van der Waals surface area contributed by atoms with Gasteiger partial charge in [-0.05, 0) is 36.2 Å². The molecule has 0 spiro atoms. The largest absolute Gasteiger partial charge is 0.349 e. The summed E-state index contributed by atoms with van der Waals surface area (Å²) in [7, 11) is 0. The maximum absolute atomic E-state index is 13.1. The Morgan fingerprint density at radius 2 is 1.92 bits per heavy atom. The zero-order chi connectivity index (χ0) is 16.9. The third kappa shape index (κ3) is 3.62. The van der Waals surface area contributed by atoms with E-state index in [0.29, 0.717) is 19.5 Å². The van der Waals surface area contributed by atoms with E-state index < -0.39 is 0 Å². The molecule has 3 rings (SSSR count). The van der Waals surface area contributed by atoms with Gasteiger partial charge in [-0.1, -0.05) is 31.2 Å². The predicted molar refractivity (Wildman–Crippen MR) is 92.0 cm³/mol. The molecule has 24 heavy (non-hydrogen) atoms. The summed E-state index contributed by atoms with van der Waals surface area (Å²) in [6.45, 7) is 2.94. The fourth-order valence-corrected chi connectivity index (χ4v) is 2.70. The van der Waals surface area contributed by atoms with Gasteiger partial charge in [0.05, 0.1) is 17.6 Å². The lowest BCUT2D eigenvalue weighted by Crippen LogP contribution is -2.24. The number of carbonyl (C=O) groups is 1. The summed E-state index contributed by atoms with van der Waals surface area (Å²) in [5.41, 5.74) is 2.88. The molecule has 0 fully saturated rings. The molecule has 0 unspecified atom stereocenters. The molecule has 1 heterocycles. The summed E-state index contributed by atoms with van der Waals surface area (Å²) in [5.74, 6) is 0.573. The minimum atomic E-state index is -0.249. The number of carbonyl (C=O) groups excluding carboxylic acids is 1. The molecule has 0 atom stereocenters. The van der Waals surface area contributed by atoms with Crippen molar-refractivity contribution in [2.24, 2.45) is 0 Å². The Labute approximate surface area is 140 Å². The van der Waals surface area contributed by atoms with Crippen LogP contribution >= 0.6 is 0 Å². The first-order valence-electron chi connectivity index (χ1n) is 8.12. The SMILES string of the molecule is CCCC(=O)NCc1nc2ccccc2n1Cc1ccc(F)cc1. The van der Waals surface area contributed by atoms with Crippen LogP contribution in [0.15, 0.2) is 48.5 Å². The molecule has 1 amide bonds. The topological polar surface area (TPSA) is 46.9 Å². The van der Waals surface area contributed by atoms with Crippen molar-refractivity contribution in [1.82, 2.24) is 14.9 Å². The lowest BCUT2D eigenvalue weighted by Gasteiger charge is -2.10. The standard InChI is InChI=1S/C19H20FN3O/c1-2-5-19(24)21-12-18-22-16-6-3-4-7-17(16)23(18)13-14-8-10-15(20)11-9-14/h3-4,6-11H,2,5,12-13H2,1H3,(H,21,24). The Bertz CT molecular complexity index is 839. The molecule has 124 valence electrons. The van der Waals surface area contributed by atoms with E-state index in [0.717, 1.165) is 28.8 Å². The normalized spacial score (nSPS) is 10.9. The van der Waals surface area contributed by atoms with Gasteiger partial charge in [0.2, 0.25) is 5.91 Å². The van der Waals surface area contributed by atoms with Gasteiger partial charge in [-0.2, -0.15) is 0 Å². The molecule has 4 nitrogen and oxygen atoms in total. The average Bonchev–Trinajstić information content (AvgIpc) is 2.93. The van der Waals surface area contributed by atoms with Gasteiger partial charge in [-0.15, -0.1) is 0 Å². The smallest absolute Gasteiger partial charge is 0.220 e. The van der Waals surface area contributed by atoms with E-state index in [1.165, 1.54) is 12.1 Å². The molecule has 0 aliphatic rings. The van der Waals surface area contributed by atoms with Gasteiger partial charge < -0.3 is 9.88 Å². The van der Waals surface area contributed by atoms with Crippen LogP contribution in [0.25, 0.3) is 11.0 Å². The zero-order valence-corrected chi connectivity index (χ0v) is 13.6. The van der Waals surface area contributed by atoms with Crippen LogP contribution in [0, 0.1) is 5.82 Å². The van der Waals surface area contributed by atoms with Gasteiger partial charge in [0.1, 0.15) is 11.6 Å². The maximum atomic E-state index is 13.1. The minimum Gasteiger partial charge on any atom is -0.349 e. The summed E-state index contributed by atoms with van der Waals surface area (Å²) in [6, 6.07) is 14.3. The number of para-hydroxylation sites is 2. The van der Waals surface area contributed by atoms with Crippen molar-refractivity contribution in [1.29, 1.82) is 0 Å². The Hall–Kier alpha value is -2.69. The number of fused-ring (bicyclic) bond motifs is 1. The van der Waals surface area contributed by atoms with Gasteiger partial charge in [0.15, 0.2) is 0 Å². The third-order valence-corrected chi connectivity index (χ3v) is 3.91. The van der Waals surface area contributed by atoms with Crippen LogP contribution < -0.4 is 5.32 Å². The van der Waals surface area contributed by atoms with Crippen LogP contribution in [-0.2, 0) is 17.9 Å². The maximum Gasteiger partial charge on any atom is 0.220 e. The summed E-state index contributed by atoms with van der Waals surface area (Å²) < 4.78 is 15.2. The number of halogens is 1. The Balaban J connectivity index is 1.89. The highest BCUT2D eigenvalue weighted by atomic mass is 19.1. The van der Waals surface area contributed by atoms with E-state index in [1.54, 1.807) is 12.1 Å². The van der Waals surface area contributed by atoms with Gasteiger partial charge in [0, 0.05) is 13.0 Å². The van der Waals surface area contributed by atoms with Gasteiger partial charge in [0.25, 0.3) is 0 Å². The number of aromatic nitrogens is 2. The monoisotopic (exact) mass is 325 g/mol. The van der Waals surface area contributed by atoms with E-state index in [9.17, 15) is 9.18 Å². The molecular formula is C19H20FN3O. The van der Waals surface area contributed by atoms with Crippen molar-refractivity contribution >= 4 is 16.9 Å². The molecule has 2 aromatic carbocycles. The second-order valence-corrected chi connectivity index (χ2v) is 5.76. The molecule has 5 heteroatoms. The van der Waals surface area contributed by atoms with Crippen LogP contribution in [0.2, 0.25) is 0 Å². The predicted octanol–water partition coefficient (Wildman–Crippen LogP) is 3.64. The highest BCUT2D eigenvalue weighted by Gasteiger charge is 2.12. The third-order valence-electron chi connectivity index (χ3n) is 3.91. The number of amides is 1. The molecule has 0 saturated heterocycles. The van der Waals surface area contributed by atoms with E-state index >= 15 is 0 Å². The van der Waals surface area contributed by atoms with Crippen molar-refractivity contribution in [3.63, 3.8) is 0 Å². The first-order valence-corrected chi connectivity index (χ1v) is 8.12. The van der Waals surface area contributed by atoms with Crippen LogP contribution in [0.4, 0.5) is 4.39 Å². The molecule has 1 N–H and O–H groups in total. The van der Waals surface area contributed by atoms with Crippen LogP contribution in [-0.4, -0.2) is 15.5 Å². The minimum absolute atomic E-state index is 0.0258. The second-order valence-electron chi connectivity index (χ2n) is 5.76. The number of rotatable bonds is 6. The first-order chi connectivity index (χ1) is 11.7. The van der Waals surface area contributed by atoms with E-state index in [2.05, 4.69) is 14.9 Å². The highest BCUT2D eigenvalue weighted by molar-refractivity contribution is 5.77. The lowest BCUT2D eigenvalue weighted by atomic mass is 10.2. The first kappa shape index (κ1) is 16.2. The van der Waals surface area contributed by atoms with E-state index in [1.807, 2.05) is 31.2 Å². The quantitative estimate of drug-likeness (QED) is 0.752. The fraction of sp³-hybridized carbons (Fsp3) is 0.263. The van der Waals surface area contributed by atoms with Crippen molar-refractivity contribution in [3.05, 3.63) is 65.7 Å². The molecular weight excluding hydrogens is 305 g/mol. The van der Waals surface area contributed by atoms with Crippen molar-refractivity contribution in [3.8, 4) is 0 Å². The summed E-state index contributed by atoms with van der Waals surface area (Å²) in [6.07, 6.45) is 1.33. The second kappa shape index (κ2) is 7.25. The average molecular weight is 325 g/mol. The Morgan fingerprint density at radius 1 is 1.17 bits per heavy atom. The number of hydrogen-bond donors (Lipinski definition) is 1. The number of imidazole rings is 1. The van der Waals surface area contributed by atoms with Gasteiger partial charge >= 0.3 is 0 Å². The summed E-state index contributed by atoms with van der Waals surface area (Å²) in [5, 5.41) is 2.91. The van der Waals surface area contributed by atoms with Crippen molar-refractivity contribution in [2.75, 3.05) is 0 Å². The fourth-order valence-electron chi connectivity index (χ4n) is 2.70. The number of nitrogens with zero attached hydrogens (tertiary/aromatic N) is 2. The van der Waals surface area contributed by atoms with E-state index in [-0.39, 0.29) is 11.7 Å². The molecule has 0 aliphatic heterocycles. The number of hydrogen-bond acceptors (Lipinski definition) is 2. The number of nitrogens with one attached hydrogen (secondary N) is 1. The van der Waals surface area contributed by atoms with Crippen LogP contribution in [0.5, 0.6) is 0 Å². The Kier molecular flexibility index (Phi) is 4.89. The summed E-state index contributed by atoms with van der Waals surface area (Å²) in [4.78, 5) is 16.4. The van der Waals surface area contributed by atoms with Gasteiger partial charge in [-0.25, -0.2) is 9.37 Å². The molecule has 0 bridgehead atoms. The lowest BCUT2D eigenvalue weighted by molar-refractivity contribution is -0.121. The molecule has 3 aromatic rings. The summed E-state index contributed by atoms with van der Waals surface area (Å²) >= 11 is 0. The van der Waals surface area contributed by atoms with Crippen molar-refractivity contribution in [2.45, 2.75) is 32.9 Å². The number of benzene rings is 2. The Morgan fingerprint density at radius 3 is 2.67 bits per heavy atom. The van der Waals surface area contributed by atoms with Crippen molar-refractivity contribution < 1.29 is 9.18 Å². The zero-order valence-electron chi connectivity index (χ0n) is 13.6. The van der Waals surface area contributed by atoms with E-state index in [4.69, 9.17) is 0 Å². The molecule has 0 aliphatic carbocycles. The van der Waals surface area contributed by atoms with Crippen LogP contribution in [0.3, 0.4) is 0 Å². The highest BCUT2D eigenvalue weighted by Crippen LogP contribution is 2.18.